The van der Waals surface area contributed by atoms with Crippen molar-refractivity contribution in [2.45, 2.75) is 18.9 Å². The van der Waals surface area contributed by atoms with Gasteiger partial charge in [0.05, 0.1) is 18.7 Å². The Morgan fingerprint density at radius 1 is 1.56 bits per heavy atom. The zero-order chi connectivity index (χ0) is 11.8. The van der Waals surface area contributed by atoms with Gasteiger partial charge in [0.25, 0.3) is 5.91 Å². The summed E-state index contributed by atoms with van der Waals surface area (Å²) < 4.78 is 12.9. The summed E-state index contributed by atoms with van der Waals surface area (Å²) in [5.74, 6) is -0.644. The highest BCUT2D eigenvalue weighted by Gasteiger charge is 2.42. The average molecular weight is 223 g/mol. The standard InChI is InChI=1S/C12H14FNO2/c1-2-12(16)7-14(8-12)11(15)9-4-3-5-10(13)6-9/h3-6,16H,2,7-8H2,1H3. The van der Waals surface area contributed by atoms with Gasteiger partial charge in [-0.15, -0.1) is 0 Å². The van der Waals surface area contributed by atoms with E-state index in [0.29, 0.717) is 25.1 Å². The molecular weight excluding hydrogens is 209 g/mol. The molecule has 1 N–H and O–H groups in total. The second-order valence-electron chi connectivity index (χ2n) is 4.25. The number of nitrogens with zero attached hydrogens (tertiary/aromatic N) is 1. The van der Waals surface area contributed by atoms with Gasteiger partial charge in [0, 0.05) is 5.56 Å². The quantitative estimate of drug-likeness (QED) is 0.823. The van der Waals surface area contributed by atoms with Gasteiger partial charge in [0.15, 0.2) is 0 Å². The summed E-state index contributed by atoms with van der Waals surface area (Å²) in [7, 11) is 0. The summed E-state index contributed by atoms with van der Waals surface area (Å²) in [5, 5.41) is 9.77. The molecular formula is C12H14FNO2. The zero-order valence-electron chi connectivity index (χ0n) is 9.11. The lowest BCUT2D eigenvalue weighted by molar-refractivity contribution is -0.0826. The molecule has 1 amide bonds. The maximum atomic E-state index is 12.9. The SMILES string of the molecule is CCC1(O)CN(C(=O)c2cccc(F)c2)C1. The van der Waals surface area contributed by atoms with E-state index in [1.54, 1.807) is 6.07 Å². The Kier molecular flexibility index (Phi) is 2.68. The van der Waals surface area contributed by atoms with E-state index in [4.69, 9.17) is 0 Å². The molecule has 1 aromatic carbocycles. The molecule has 4 heteroatoms. The number of hydrogen-bond donors (Lipinski definition) is 1. The number of aliphatic hydroxyl groups is 1. The van der Waals surface area contributed by atoms with Gasteiger partial charge < -0.3 is 10.0 Å². The smallest absolute Gasteiger partial charge is 0.254 e. The van der Waals surface area contributed by atoms with Gasteiger partial charge in [-0.05, 0) is 24.6 Å². The molecule has 0 aliphatic carbocycles. The van der Waals surface area contributed by atoms with Crippen molar-refractivity contribution in [2.24, 2.45) is 0 Å². The minimum Gasteiger partial charge on any atom is -0.386 e. The van der Waals surface area contributed by atoms with Gasteiger partial charge in [-0.1, -0.05) is 13.0 Å². The number of hydrogen-bond acceptors (Lipinski definition) is 2. The lowest BCUT2D eigenvalue weighted by Gasteiger charge is -2.46. The summed E-state index contributed by atoms with van der Waals surface area (Å²) in [6.07, 6.45) is 0.625. The first-order valence-corrected chi connectivity index (χ1v) is 5.31. The minimum absolute atomic E-state index is 0.224. The Bertz CT molecular complexity index is 413. The van der Waals surface area contributed by atoms with Crippen LogP contribution in [0.15, 0.2) is 24.3 Å². The fraction of sp³-hybridized carbons (Fsp3) is 0.417. The van der Waals surface area contributed by atoms with E-state index in [2.05, 4.69) is 0 Å². The Morgan fingerprint density at radius 3 is 2.81 bits per heavy atom. The molecule has 0 radical (unpaired) electrons. The summed E-state index contributed by atoms with van der Waals surface area (Å²) in [6.45, 7) is 2.54. The summed E-state index contributed by atoms with van der Waals surface area (Å²) in [5.41, 5.74) is -0.415. The van der Waals surface area contributed by atoms with Crippen LogP contribution >= 0.6 is 0 Å². The number of halogens is 1. The van der Waals surface area contributed by atoms with Crippen molar-refractivity contribution in [1.82, 2.24) is 4.90 Å². The Hall–Kier alpha value is -1.42. The van der Waals surface area contributed by atoms with Crippen LogP contribution in [0, 0.1) is 5.82 Å². The van der Waals surface area contributed by atoms with Crippen molar-refractivity contribution in [3.63, 3.8) is 0 Å². The van der Waals surface area contributed by atoms with Crippen molar-refractivity contribution in [2.75, 3.05) is 13.1 Å². The van der Waals surface area contributed by atoms with E-state index in [0.717, 1.165) is 0 Å². The predicted octanol–water partition coefficient (Wildman–Crippen LogP) is 1.42. The Labute approximate surface area is 93.5 Å². The molecule has 16 heavy (non-hydrogen) atoms. The van der Waals surface area contributed by atoms with Crippen LogP contribution in [-0.4, -0.2) is 34.6 Å². The fourth-order valence-electron chi connectivity index (χ4n) is 1.84. The maximum absolute atomic E-state index is 12.9. The number of amides is 1. The van der Waals surface area contributed by atoms with Crippen molar-refractivity contribution < 1.29 is 14.3 Å². The third kappa shape index (κ3) is 1.93. The molecule has 1 aromatic rings. The van der Waals surface area contributed by atoms with Crippen LogP contribution in [0.1, 0.15) is 23.7 Å². The molecule has 0 atom stereocenters. The lowest BCUT2D eigenvalue weighted by Crippen LogP contribution is -2.63. The van der Waals surface area contributed by atoms with Crippen LogP contribution in [0.2, 0.25) is 0 Å². The number of carbonyl (C=O) groups excluding carboxylic acids is 1. The molecule has 1 heterocycles. The van der Waals surface area contributed by atoms with Crippen LogP contribution < -0.4 is 0 Å². The van der Waals surface area contributed by atoms with Crippen molar-refractivity contribution in [3.05, 3.63) is 35.6 Å². The Morgan fingerprint density at radius 2 is 2.25 bits per heavy atom. The highest BCUT2D eigenvalue weighted by molar-refractivity contribution is 5.94. The van der Waals surface area contributed by atoms with Crippen molar-refractivity contribution in [1.29, 1.82) is 0 Å². The largest absolute Gasteiger partial charge is 0.386 e. The molecule has 0 aromatic heterocycles. The first kappa shape index (κ1) is 11.1. The molecule has 0 unspecified atom stereocenters. The number of likely N-dealkylation sites (tertiary alicyclic amines) is 1. The minimum atomic E-state index is -0.747. The van der Waals surface area contributed by atoms with E-state index < -0.39 is 11.4 Å². The fourth-order valence-corrected chi connectivity index (χ4v) is 1.84. The molecule has 0 saturated carbocycles. The predicted molar refractivity (Wildman–Crippen MR) is 57.5 cm³/mol. The molecule has 86 valence electrons. The number of rotatable bonds is 2. The molecule has 1 aliphatic rings. The lowest BCUT2D eigenvalue weighted by atomic mass is 9.90. The maximum Gasteiger partial charge on any atom is 0.254 e. The molecule has 1 saturated heterocycles. The van der Waals surface area contributed by atoms with E-state index in [9.17, 15) is 14.3 Å². The highest BCUT2D eigenvalue weighted by Crippen LogP contribution is 2.25. The number of benzene rings is 1. The molecule has 1 fully saturated rings. The number of β-amino-alcohol motifs (C(OH)–C–C–N with tert-alkyl or cyclic N) is 1. The molecule has 0 bridgehead atoms. The Balaban J connectivity index is 2.06. The van der Waals surface area contributed by atoms with Crippen LogP contribution in [0.25, 0.3) is 0 Å². The van der Waals surface area contributed by atoms with Gasteiger partial charge >= 0.3 is 0 Å². The van der Waals surface area contributed by atoms with Crippen LogP contribution in [0.3, 0.4) is 0 Å². The van der Waals surface area contributed by atoms with Crippen LogP contribution in [0.5, 0.6) is 0 Å². The first-order valence-electron chi connectivity index (χ1n) is 5.31. The topological polar surface area (TPSA) is 40.5 Å². The molecule has 3 nitrogen and oxygen atoms in total. The van der Waals surface area contributed by atoms with E-state index in [-0.39, 0.29) is 5.91 Å². The monoisotopic (exact) mass is 223 g/mol. The van der Waals surface area contributed by atoms with E-state index >= 15 is 0 Å². The summed E-state index contributed by atoms with van der Waals surface area (Å²) >= 11 is 0. The van der Waals surface area contributed by atoms with Gasteiger partial charge in [-0.3, -0.25) is 4.79 Å². The van der Waals surface area contributed by atoms with E-state index in [1.165, 1.54) is 23.1 Å². The van der Waals surface area contributed by atoms with Gasteiger partial charge in [-0.25, -0.2) is 4.39 Å². The third-order valence-corrected chi connectivity index (χ3v) is 2.99. The molecule has 0 spiro atoms. The van der Waals surface area contributed by atoms with Gasteiger partial charge in [0.2, 0.25) is 0 Å². The summed E-state index contributed by atoms with van der Waals surface area (Å²) in [4.78, 5) is 13.4. The normalized spacial score (nSPS) is 18.1. The van der Waals surface area contributed by atoms with E-state index in [1.807, 2.05) is 6.92 Å². The van der Waals surface area contributed by atoms with Crippen molar-refractivity contribution in [3.8, 4) is 0 Å². The average Bonchev–Trinajstić information content (AvgIpc) is 2.24. The highest BCUT2D eigenvalue weighted by atomic mass is 19.1. The van der Waals surface area contributed by atoms with Gasteiger partial charge in [0.1, 0.15) is 5.82 Å². The molecule has 1 aliphatic heterocycles. The molecule has 2 rings (SSSR count). The van der Waals surface area contributed by atoms with Crippen LogP contribution in [0.4, 0.5) is 4.39 Å². The second kappa shape index (κ2) is 3.87. The third-order valence-electron chi connectivity index (χ3n) is 2.99. The number of carbonyl (C=O) groups is 1. The summed E-state index contributed by atoms with van der Waals surface area (Å²) in [6, 6.07) is 5.60. The first-order chi connectivity index (χ1) is 7.54. The second-order valence-corrected chi connectivity index (χ2v) is 4.25. The van der Waals surface area contributed by atoms with Crippen molar-refractivity contribution >= 4 is 5.91 Å². The van der Waals surface area contributed by atoms with Crippen LogP contribution in [-0.2, 0) is 0 Å². The van der Waals surface area contributed by atoms with Gasteiger partial charge in [-0.2, -0.15) is 0 Å². The zero-order valence-corrected chi connectivity index (χ0v) is 9.11.